The third-order valence-corrected chi connectivity index (χ3v) is 5.69. The van der Waals surface area contributed by atoms with E-state index in [0.717, 1.165) is 0 Å². The smallest absolute Gasteiger partial charge is 0.338 e. The number of hydrogen-bond donors (Lipinski definition) is 4. The van der Waals surface area contributed by atoms with Crippen LogP contribution in [0.3, 0.4) is 0 Å². The molecule has 0 unspecified atom stereocenters. The molecule has 0 radical (unpaired) electrons. The van der Waals surface area contributed by atoms with E-state index in [0.29, 0.717) is 5.69 Å². The van der Waals surface area contributed by atoms with E-state index in [4.69, 9.17) is 11.5 Å². The number of ketones is 2. The second-order valence-electron chi connectivity index (χ2n) is 7.91. The molecule has 4 aromatic carbocycles. The van der Waals surface area contributed by atoms with Gasteiger partial charge in [0.05, 0.1) is 22.4 Å². The van der Waals surface area contributed by atoms with Crippen LogP contribution in [0.2, 0.25) is 0 Å². The Hall–Kier alpha value is -5.24. The summed E-state index contributed by atoms with van der Waals surface area (Å²) in [5, 5.41) is 20.1. The number of carbonyl (C=O) groups is 4. The Kier molecular flexibility index (Phi) is 6.34. The van der Waals surface area contributed by atoms with Gasteiger partial charge in [0.2, 0.25) is 0 Å². The Morgan fingerprint density at radius 2 is 0.972 bits per heavy atom. The van der Waals surface area contributed by atoms with E-state index in [1.54, 1.807) is 36.4 Å². The van der Waals surface area contributed by atoms with Gasteiger partial charge in [-0.25, -0.2) is 9.59 Å². The molecule has 8 nitrogen and oxygen atoms in total. The predicted octanol–water partition coefficient (Wildman–Crippen LogP) is 4.38. The fraction of sp³-hybridized carbons (Fsp3) is 0. The molecule has 0 aromatic heterocycles. The van der Waals surface area contributed by atoms with Crippen LogP contribution in [0, 0.1) is 0 Å². The van der Waals surface area contributed by atoms with Crippen LogP contribution in [-0.4, -0.2) is 33.7 Å². The zero-order valence-electron chi connectivity index (χ0n) is 18.8. The van der Waals surface area contributed by atoms with Gasteiger partial charge in [0.25, 0.3) is 0 Å². The highest BCUT2D eigenvalue weighted by Gasteiger charge is 2.35. The Morgan fingerprint density at radius 1 is 0.528 bits per heavy atom. The van der Waals surface area contributed by atoms with Crippen LogP contribution in [-0.2, 0) is 0 Å². The quantitative estimate of drug-likeness (QED) is 0.224. The fourth-order valence-electron chi connectivity index (χ4n) is 4.07. The Bertz CT molecular complexity index is 1510. The van der Waals surface area contributed by atoms with Gasteiger partial charge in [-0.3, -0.25) is 9.59 Å². The molecule has 0 spiro atoms. The zero-order chi connectivity index (χ0) is 26.0. The molecule has 0 fully saturated rings. The lowest BCUT2D eigenvalue weighted by Gasteiger charge is -2.21. The number of benzene rings is 4. The average molecular weight is 480 g/mol. The number of nitrogen functional groups attached to an aromatic ring is 2. The molecule has 0 atom stereocenters. The largest absolute Gasteiger partial charge is 0.478 e. The highest BCUT2D eigenvalue weighted by molar-refractivity contribution is 6.28. The minimum Gasteiger partial charge on any atom is -0.478 e. The second kappa shape index (κ2) is 9.55. The van der Waals surface area contributed by atoms with Crippen LogP contribution < -0.4 is 11.5 Å². The number of rotatable bonds is 7. The maximum atomic E-state index is 13.9. The molecule has 0 saturated heterocycles. The molecular weight excluding hydrogens is 460 g/mol. The third kappa shape index (κ3) is 4.19. The van der Waals surface area contributed by atoms with Gasteiger partial charge < -0.3 is 21.7 Å². The third-order valence-electron chi connectivity index (χ3n) is 5.69. The number of nitrogens with two attached hydrogens (primary N) is 2. The summed E-state index contributed by atoms with van der Waals surface area (Å²) in [6.07, 6.45) is 0. The van der Waals surface area contributed by atoms with Gasteiger partial charge in [0, 0.05) is 27.9 Å². The lowest BCUT2D eigenvalue weighted by atomic mass is 9.80. The van der Waals surface area contributed by atoms with Crippen molar-refractivity contribution in [3.05, 3.63) is 118 Å². The Morgan fingerprint density at radius 3 is 1.42 bits per heavy atom. The summed E-state index contributed by atoms with van der Waals surface area (Å²) in [5.74, 6) is -4.68. The molecule has 0 heterocycles. The van der Waals surface area contributed by atoms with Crippen LogP contribution in [0.25, 0.3) is 11.1 Å². The maximum absolute atomic E-state index is 13.9. The Labute approximate surface area is 205 Å². The van der Waals surface area contributed by atoms with Crippen molar-refractivity contribution < 1.29 is 29.4 Å². The van der Waals surface area contributed by atoms with E-state index >= 15 is 0 Å². The molecule has 0 aliphatic heterocycles. The standard InChI is InChI=1S/C28H20N2O6/c29-18-13-11-15(12-14-18)19-20(25(31)16-7-3-1-4-8-16)22(26(32)17-9-5-2-6-10-17)24(30)23(28(35)36)21(19)27(33)34/h1-14H,29-30H2,(H,33,34)(H,35,36). The highest BCUT2D eigenvalue weighted by atomic mass is 16.4. The van der Waals surface area contributed by atoms with E-state index in [1.807, 2.05) is 0 Å². The molecule has 4 rings (SSSR count). The summed E-state index contributed by atoms with van der Waals surface area (Å²) in [6.45, 7) is 0. The summed E-state index contributed by atoms with van der Waals surface area (Å²) >= 11 is 0. The fourth-order valence-corrected chi connectivity index (χ4v) is 4.07. The van der Waals surface area contributed by atoms with Gasteiger partial charge in [-0.2, -0.15) is 0 Å². The number of carboxylic acid groups (broad SMARTS) is 2. The summed E-state index contributed by atoms with van der Waals surface area (Å²) in [5.41, 5.74) is 9.86. The lowest BCUT2D eigenvalue weighted by Crippen LogP contribution is -2.23. The predicted molar refractivity (Wildman–Crippen MR) is 134 cm³/mol. The van der Waals surface area contributed by atoms with E-state index in [1.165, 1.54) is 48.5 Å². The number of aromatic carboxylic acids is 2. The van der Waals surface area contributed by atoms with Crippen molar-refractivity contribution in [3.8, 4) is 11.1 Å². The maximum Gasteiger partial charge on any atom is 0.338 e. The average Bonchev–Trinajstić information content (AvgIpc) is 2.88. The van der Waals surface area contributed by atoms with Crippen LogP contribution in [0.5, 0.6) is 0 Å². The second-order valence-corrected chi connectivity index (χ2v) is 7.91. The minimum absolute atomic E-state index is 0.147. The van der Waals surface area contributed by atoms with Crippen molar-refractivity contribution in [3.63, 3.8) is 0 Å². The summed E-state index contributed by atoms with van der Waals surface area (Å²) in [4.78, 5) is 52.4. The summed E-state index contributed by atoms with van der Waals surface area (Å²) < 4.78 is 0. The minimum atomic E-state index is -1.65. The van der Waals surface area contributed by atoms with E-state index in [9.17, 15) is 29.4 Å². The summed E-state index contributed by atoms with van der Waals surface area (Å²) in [6, 6.07) is 21.7. The Balaban J connectivity index is 2.24. The molecule has 0 bridgehead atoms. The SMILES string of the molecule is Nc1ccc(-c2c(C(=O)O)c(C(=O)O)c(N)c(C(=O)c3ccccc3)c2C(=O)c2ccccc2)cc1. The number of carboxylic acids is 2. The van der Waals surface area contributed by atoms with Gasteiger partial charge in [0.15, 0.2) is 11.6 Å². The molecule has 36 heavy (non-hydrogen) atoms. The van der Waals surface area contributed by atoms with E-state index in [2.05, 4.69) is 0 Å². The first-order valence-electron chi connectivity index (χ1n) is 10.7. The molecule has 4 aromatic rings. The normalized spacial score (nSPS) is 10.6. The lowest BCUT2D eigenvalue weighted by molar-refractivity contribution is 0.0652. The monoisotopic (exact) mass is 480 g/mol. The first kappa shape index (κ1) is 23.9. The molecule has 6 N–H and O–H groups in total. The van der Waals surface area contributed by atoms with Crippen molar-refractivity contribution in [2.24, 2.45) is 0 Å². The van der Waals surface area contributed by atoms with Gasteiger partial charge in [0.1, 0.15) is 0 Å². The van der Waals surface area contributed by atoms with E-state index < -0.39 is 40.3 Å². The van der Waals surface area contributed by atoms with Crippen LogP contribution in [0.4, 0.5) is 11.4 Å². The van der Waals surface area contributed by atoms with Crippen molar-refractivity contribution in [2.45, 2.75) is 0 Å². The van der Waals surface area contributed by atoms with Crippen LogP contribution >= 0.6 is 0 Å². The topological polar surface area (TPSA) is 161 Å². The molecule has 0 aliphatic rings. The molecule has 0 aliphatic carbocycles. The van der Waals surface area contributed by atoms with Crippen molar-refractivity contribution in [2.75, 3.05) is 11.5 Å². The van der Waals surface area contributed by atoms with Gasteiger partial charge >= 0.3 is 11.9 Å². The molecule has 0 saturated carbocycles. The first-order valence-corrected chi connectivity index (χ1v) is 10.7. The zero-order valence-corrected chi connectivity index (χ0v) is 18.8. The molecule has 8 heteroatoms. The van der Waals surface area contributed by atoms with E-state index in [-0.39, 0.29) is 33.4 Å². The van der Waals surface area contributed by atoms with Crippen LogP contribution in [0.1, 0.15) is 52.6 Å². The molecular formula is C28H20N2O6. The van der Waals surface area contributed by atoms with Gasteiger partial charge in [-0.1, -0.05) is 72.8 Å². The van der Waals surface area contributed by atoms with Crippen molar-refractivity contribution in [1.29, 1.82) is 0 Å². The van der Waals surface area contributed by atoms with Crippen molar-refractivity contribution in [1.82, 2.24) is 0 Å². The molecule has 178 valence electrons. The summed E-state index contributed by atoms with van der Waals surface area (Å²) in [7, 11) is 0. The number of carbonyl (C=O) groups excluding carboxylic acids is 2. The highest BCUT2D eigenvalue weighted by Crippen LogP contribution is 2.40. The number of anilines is 2. The van der Waals surface area contributed by atoms with Crippen molar-refractivity contribution >= 4 is 34.9 Å². The van der Waals surface area contributed by atoms with Gasteiger partial charge in [-0.15, -0.1) is 0 Å². The van der Waals surface area contributed by atoms with Gasteiger partial charge in [-0.05, 0) is 17.7 Å². The first-order chi connectivity index (χ1) is 17.2. The molecule has 0 amide bonds. The number of hydrogen-bond acceptors (Lipinski definition) is 6. The van der Waals surface area contributed by atoms with Crippen LogP contribution in [0.15, 0.2) is 84.9 Å².